The lowest BCUT2D eigenvalue weighted by molar-refractivity contribution is 0.0996. The molecule has 0 radical (unpaired) electrons. The van der Waals surface area contributed by atoms with Crippen LogP contribution in [0.4, 0.5) is 5.69 Å². The van der Waals surface area contributed by atoms with Gasteiger partial charge in [-0.25, -0.2) is 4.98 Å². The number of amides is 1. The summed E-state index contributed by atoms with van der Waals surface area (Å²) in [7, 11) is 3.28. The fraction of sp³-hybridized carbons (Fsp3) is 0.111. The van der Waals surface area contributed by atoms with Crippen molar-refractivity contribution < 1.29 is 14.6 Å². The van der Waals surface area contributed by atoms with Crippen LogP contribution < -0.4 is 4.74 Å². The van der Waals surface area contributed by atoms with Crippen molar-refractivity contribution in [3.8, 4) is 22.9 Å². The third kappa shape index (κ3) is 3.67. The number of aryl methyl sites for hydroxylation is 2. The van der Waals surface area contributed by atoms with Crippen LogP contribution in [0.5, 0.6) is 11.6 Å². The summed E-state index contributed by atoms with van der Waals surface area (Å²) in [5.74, 6) is 0.0127. The van der Waals surface area contributed by atoms with E-state index in [2.05, 4.69) is 10.2 Å². The highest BCUT2D eigenvalue weighted by Gasteiger charge is 2.18. The van der Waals surface area contributed by atoms with Gasteiger partial charge in [0.15, 0.2) is 5.69 Å². The van der Waals surface area contributed by atoms with Gasteiger partial charge in [0, 0.05) is 23.4 Å². The quantitative estimate of drug-likeness (QED) is 0.324. The lowest BCUT2D eigenvalue weighted by Crippen LogP contribution is -1.99. The summed E-state index contributed by atoms with van der Waals surface area (Å²) in [6, 6.07) is 22.6. The number of hydrogen-bond acceptors (Lipinski definition) is 5. The van der Waals surface area contributed by atoms with Crippen molar-refractivity contribution >= 4 is 33.4 Å². The normalized spacial score (nSPS) is 11.5. The van der Waals surface area contributed by atoms with Crippen LogP contribution in [0.15, 0.2) is 83.0 Å². The Balaban J connectivity index is 1.63. The summed E-state index contributed by atoms with van der Waals surface area (Å²) in [6.07, 6.45) is 0. The fourth-order valence-corrected chi connectivity index (χ4v) is 4.04. The molecule has 0 aliphatic rings. The Morgan fingerprint density at radius 2 is 1.79 bits per heavy atom. The van der Waals surface area contributed by atoms with Crippen molar-refractivity contribution in [3.63, 3.8) is 0 Å². The fourth-order valence-electron chi connectivity index (χ4n) is 4.04. The minimum atomic E-state index is -0.519. The van der Waals surface area contributed by atoms with Crippen LogP contribution in [-0.2, 0) is 7.05 Å². The molecule has 0 unspecified atom stereocenters. The molecule has 3 aromatic carbocycles. The number of aromatic nitrogens is 2. The topological polar surface area (TPSA) is 89.1 Å². The lowest BCUT2D eigenvalue weighted by Gasteiger charge is -2.08. The van der Waals surface area contributed by atoms with Gasteiger partial charge in [-0.15, -0.1) is 10.2 Å². The predicted molar refractivity (Wildman–Crippen MR) is 132 cm³/mol. The maximum atomic E-state index is 13.3. The van der Waals surface area contributed by atoms with E-state index in [9.17, 15) is 9.90 Å². The first kappa shape index (κ1) is 21.3. The molecule has 5 aromatic rings. The molecule has 0 aliphatic carbocycles. The number of hydrogen-bond donors (Lipinski definition) is 1. The molecule has 7 nitrogen and oxygen atoms in total. The highest BCUT2D eigenvalue weighted by molar-refractivity contribution is 6.08. The molecular weight excluding hydrogens is 428 g/mol. The summed E-state index contributed by atoms with van der Waals surface area (Å²) in [6.45, 7) is 1.96. The molecule has 2 aromatic heterocycles. The van der Waals surface area contributed by atoms with E-state index < -0.39 is 5.91 Å². The Hall–Kier alpha value is -4.52. The molecule has 0 saturated heterocycles. The average Bonchev–Trinajstić information content (AvgIpc) is 3.11. The van der Waals surface area contributed by atoms with E-state index in [1.165, 1.54) is 0 Å². The first-order valence-corrected chi connectivity index (χ1v) is 10.7. The van der Waals surface area contributed by atoms with Crippen molar-refractivity contribution in [2.75, 3.05) is 7.11 Å². The molecule has 1 amide bonds. The molecule has 7 heteroatoms. The van der Waals surface area contributed by atoms with E-state index in [1.54, 1.807) is 36.9 Å². The second-order valence-electron chi connectivity index (χ2n) is 8.06. The third-order valence-corrected chi connectivity index (χ3v) is 5.85. The van der Waals surface area contributed by atoms with Crippen molar-refractivity contribution in [3.05, 3.63) is 83.9 Å². The Bertz CT molecular complexity index is 1590. The van der Waals surface area contributed by atoms with E-state index in [0.717, 1.165) is 16.6 Å². The molecular formula is C27H22N4O3. The number of fused-ring (bicyclic) bond motifs is 2. The highest BCUT2D eigenvalue weighted by Crippen LogP contribution is 2.39. The van der Waals surface area contributed by atoms with Crippen LogP contribution >= 0.6 is 0 Å². The van der Waals surface area contributed by atoms with Gasteiger partial charge in [0.1, 0.15) is 5.75 Å². The SMILES string of the molecule is COc1ccc2c(c1)c(N=NC(=O)c1cc(-c3ccccc3)nc3ccc(C)cc13)c(O)n2C. The van der Waals surface area contributed by atoms with Gasteiger partial charge in [-0.05, 0) is 43.3 Å². The standard InChI is InChI=1S/C27H22N4O3/c1-16-9-11-22-19(13-16)20(15-23(28-22)17-7-5-4-6-8-17)26(32)30-29-25-21-14-18(34-3)10-12-24(21)31(2)27(25)33/h4-15,33H,1-3H3. The third-order valence-electron chi connectivity index (χ3n) is 5.85. The minimum absolute atomic E-state index is 0.0831. The van der Waals surface area contributed by atoms with Crippen LogP contribution in [0.1, 0.15) is 15.9 Å². The molecule has 0 saturated carbocycles. The van der Waals surface area contributed by atoms with E-state index in [1.807, 2.05) is 61.5 Å². The number of rotatable bonds is 4. The van der Waals surface area contributed by atoms with E-state index in [0.29, 0.717) is 33.3 Å². The van der Waals surface area contributed by atoms with Crippen LogP contribution in [0.3, 0.4) is 0 Å². The molecule has 0 bridgehead atoms. The minimum Gasteiger partial charge on any atom is -0.497 e. The summed E-state index contributed by atoms with van der Waals surface area (Å²) in [5.41, 5.74) is 4.63. The molecule has 2 heterocycles. The molecule has 0 spiro atoms. The number of ether oxygens (including phenoxy) is 1. The van der Waals surface area contributed by atoms with Gasteiger partial charge in [-0.3, -0.25) is 4.79 Å². The number of carbonyl (C=O) groups excluding carboxylic acids is 1. The maximum Gasteiger partial charge on any atom is 0.296 e. The molecule has 0 atom stereocenters. The maximum absolute atomic E-state index is 13.3. The number of carbonyl (C=O) groups is 1. The summed E-state index contributed by atoms with van der Waals surface area (Å²) in [5, 5.41) is 20.1. The van der Waals surface area contributed by atoms with Gasteiger partial charge >= 0.3 is 0 Å². The average molecular weight is 450 g/mol. The number of azo groups is 1. The van der Waals surface area contributed by atoms with E-state index >= 15 is 0 Å². The second kappa shape index (κ2) is 8.44. The smallest absolute Gasteiger partial charge is 0.296 e. The van der Waals surface area contributed by atoms with Gasteiger partial charge in [0.05, 0.1) is 29.4 Å². The summed E-state index contributed by atoms with van der Waals surface area (Å²) >= 11 is 0. The van der Waals surface area contributed by atoms with Gasteiger partial charge < -0.3 is 14.4 Å². The molecule has 1 N–H and O–H groups in total. The summed E-state index contributed by atoms with van der Waals surface area (Å²) < 4.78 is 6.89. The van der Waals surface area contributed by atoms with Crippen molar-refractivity contribution in [1.29, 1.82) is 0 Å². The zero-order chi connectivity index (χ0) is 23.8. The zero-order valence-electron chi connectivity index (χ0n) is 19.0. The van der Waals surface area contributed by atoms with Crippen molar-refractivity contribution in [2.45, 2.75) is 6.92 Å². The first-order chi connectivity index (χ1) is 16.5. The second-order valence-corrected chi connectivity index (χ2v) is 8.06. The lowest BCUT2D eigenvalue weighted by atomic mass is 10.0. The van der Waals surface area contributed by atoms with Gasteiger partial charge in [-0.2, -0.15) is 0 Å². The van der Waals surface area contributed by atoms with Crippen LogP contribution in [0, 0.1) is 6.92 Å². The number of aromatic hydroxyl groups is 1. The monoisotopic (exact) mass is 450 g/mol. The molecule has 5 rings (SSSR count). The Morgan fingerprint density at radius 3 is 2.56 bits per heavy atom. The predicted octanol–water partition coefficient (Wildman–Crippen LogP) is 6.34. The van der Waals surface area contributed by atoms with E-state index in [4.69, 9.17) is 9.72 Å². The largest absolute Gasteiger partial charge is 0.497 e. The highest BCUT2D eigenvalue weighted by atomic mass is 16.5. The van der Waals surface area contributed by atoms with Gasteiger partial charge in [0.25, 0.3) is 5.91 Å². The number of pyridine rings is 1. The van der Waals surface area contributed by atoms with Crippen LogP contribution in [-0.4, -0.2) is 27.7 Å². The number of methoxy groups -OCH3 is 1. The number of benzene rings is 3. The Labute approximate surface area is 196 Å². The molecule has 168 valence electrons. The Kier molecular flexibility index (Phi) is 5.30. The van der Waals surface area contributed by atoms with Crippen LogP contribution in [0.25, 0.3) is 33.1 Å². The summed E-state index contributed by atoms with van der Waals surface area (Å²) in [4.78, 5) is 18.0. The number of nitrogens with zero attached hydrogens (tertiary/aromatic N) is 4. The Morgan fingerprint density at radius 1 is 1.00 bits per heavy atom. The van der Waals surface area contributed by atoms with Crippen molar-refractivity contribution in [2.24, 2.45) is 17.3 Å². The van der Waals surface area contributed by atoms with Crippen LogP contribution in [0.2, 0.25) is 0 Å². The zero-order valence-corrected chi connectivity index (χ0v) is 19.0. The van der Waals surface area contributed by atoms with Gasteiger partial charge in [0.2, 0.25) is 5.88 Å². The van der Waals surface area contributed by atoms with E-state index in [-0.39, 0.29) is 11.6 Å². The molecule has 34 heavy (non-hydrogen) atoms. The van der Waals surface area contributed by atoms with Crippen molar-refractivity contribution in [1.82, 2.24) is 9.55 Å². The first-order valence-electron chi connectivity index (χ1n) is 10.7. The molecule has 0 fully saturated rings. The molecule has 0 aliphatic heterocycles. The van der Waals surface area contributed by atoms with Gasteiger partial charge in [-0.1, -0.05) is 42.0 Å².